The molecule has 0 nitrogen and oxygen atoms in total. The van der Waals surface area contributed by atoms with Gasteiger partial charge in [-0.05, 0) is 85.2 Å². The zero-order valence-corrected chi connectivity index (χ0v) is 26.4. The smallest absolute Gasteiger partial charge is 0.0340 e. The number of hydrogen-bond acceptors (Lipinski definition) is 0. The second-order valence-corrected chi connectivity index (χ2v) is 12.5. The number of rotatable bonds is 8. The predicted octanol–water partition coefficient (Wildman–Crippen LogP) is 12.3. The van der Waals surface area contributed by atoms with E-state index < -0.39 is 0 Å². The van der Waals surface area contributed by atoms with Crippen LogP contribution in [0.1, 0.15) is 57.7 Å². The van der Waals surface area contributed by atoms with E-state index >= 15 is 0 Å². The van der Waals surface area contributed by atoms with E-state index in [1.807, 2.05) is 0 Å². The lowest BCUT2D eigenvalue weighted by atomic mass is 9.83. The van der Waals surface area contributed by atoms with Gasteiger partial charge in [-0.3, -0.25) is 0 Å². The van der Waals surface area contributed by atoms with Crippen molar-refractivity contribution in [3.05, 3.63) is 227 Å². The van der Waals surface area contributed by atoms with Gasteiger partial charge >= 0.3 is 0 Å². The maximum Gasteiger partial charge on any atom is 0.0340 e. The molecule has 0 heteroatoms. The molecular formula is C47H36. The summed E-state index contributed by atoms with van der Waals surface area (Å²) in [6.07, 6.45) is 11.0. The van der Waals surface area contributed by atoms with Gasteiger partial charge in [-0.1, -0.05) is 188 Å². The molecule has 0 amide bonds. The molecule has 2 aliphatic rings. The number of hydrogen-bond donors (Lipinski definition) is 0. The number of benzene rings is 6. The fraction of sp³-hybridized carbons (Fsp3) is 0.0638. The van der Waals surface area contributed by atoms with Crippen LogP contribution in [0.25, 0.3) is 33.4 Å². The van der Waals surface area contributed by atoms with Crippen LogP contribution >= 0.6 is 0 Å². The molecule has 0 saturated heterocycles. The first kappa shape index (κ1) is 28.7. The van der Waals surface area contributed by atoms with E-state index in [0.29, 0.717) is 0 Å². The van der Waals surface area contributed by atoms with Gasteiger partial charge in [-0.25, -0.2) is 0 Å². The first-order valence-electron chi connectivity index (χ1n) is 16.5. The third-order valence-corrected chi connectivity index (χ3v) is 9.60. The molecule has 47 heavy (non-hydrogen) atoms. The molecule has 0 atom stereocenters. The lowest BCUT2D eigenvalue weighted by Crippen LogP contribution is -2.04. The summed E-state index contributed by atoms with van der Waals surface area (Å²) in [6, 6.07) is 59.7. The van der Waals surface area contributed by atoms with Crippen LogP contribution in [-0.2, 0) is 0 Å². The summed E-state index contributed by atoms with van der Waals surface area (Å²) >= 11 is 0. The molecule has 8 rings (SSSR count). The summed E-state index contributed by atoms with van der Waals surface area (Å²) in [5, 5.41) is 0. The van der Waals surface area contributed by atoms with E-state index in [2.05, 4.69) is 188 Å². The minimum Gasteiger partial charge on any atom is -0.0622 e. The van der Waals surface area contributed by atoms with Gasteiger partial charge in [0.25, 0.3) is 0 Å². The van der Waals surface area contributed by atoms with Gasteiger partial charge < -0.3 is 0 Å². The van der Waals surface area contributed by atoms with Gasteiger partial charge in [0.15, 0.2) is 0 Å². The molecule has 0 heterocycles. The molecule has 0 N–H and O–H groups in total. The highest BCUT2D eigenvalue weighted by molar-refractivity contribution is 5.87. The molecular weight excluding hydrogens is 565 g/mol. The lowest BCUT2D eigenvalue weighted by molar-refractivity contribution is 0.976. The van der Waals surface area contributed by atoms with Gasteiger partial charge in [0, 0.05) is 5.92 Å². The van der Waals surface area contributed by atoms with Crippen LogP contribution in [-0.4, -0.2) is 0 Å². The van der Waals surface area contributed by atoms with Gasteiger partial charge in [-0.2, -0.15) is 0 Å². The first-order chi connectivity index (χ1) is 23.3. The van der Waals surface area contributed by atoms with E-state index in [-0.39, 0.29) is 5.92 Å². The van der Waals surface area contributed by atoms with Crippen molar-refractivity contribution in [2.75, 3.05) is 0 Å². The third-order valence-electron chi connectivity index (χ3n) is 9.60. The van der Waals surface area contributed by atoms with Crippen molar-refractivity contribution in [3.63, 3.8) is 0 Å². The topological polar surface area (TPSA) is 0 Å². The van der Waals surface area contributed by atoms with E-state index in [0.717, 1.165) is 12.8 Å². The lowest BCUT2D eigenvalue weighted by Gasteiger charge is -2.21. The summed E-state index contributed by atoms with van der Waals surface area (Å²) in [6.45, 7) is 0. The van der Waals surface area contributed by atoms with Gasteiger partial charge in [0.1, 0.15) is 0 Å². The largest absolute Gasteiger partial charge is 0.0622 e. The Labute approximate surface area is 278 Å². The summed E-state index contributed by atoms with van der Waals surface area (Å²) in [5.74, 6) is 0.133. The Morgan fingerprint density at radius 1 is 0.255 bits per heavy atom. The molecule has 6 aromatic rings. The maximum absolute atomic E-state index is 2.33. The van der Waals surface area contributed by atoms with Crippen LogP contribution < -0.4 is 0 Å². The van der Waals surface area contributed by atoms with Gasteiger partial charge in [0.2, 0.25) is 0 Å². The Balaban J connectivity index is 1.07. The zero-order valence-electron chi connectivity index (χ0n) is 26.4. The van der Waals surface area contributed by atoms with Crippen molar-refractivity contribution < 1.29 is 0 Å². The monoisotopic (exact) mass is 600 g/mol. The fourth-order valence-corrected chi connectivity index (χ4v) is 7.00. The third kappa shape index (κ3) is 6.11. The second kappa shape index (κ2) is 12.9. The Hall–Kier alpha value is -5.72. The maximum atomic E-state index is 2.33. The Bertz CT molecular complexity index is 1990. The Kier molecular flexibility index (Phi) is 7.92. The van der Waals surface area contributed by atoms with Crippen LogP contribution in [0.3, 0.4) is 0 Å². The fourth-order valence-electron chi connectivity index (χ4n) is 7.00. The quantitative estimate of drug-likeness (QED) is 0.152. The Morgan fingerprint density at radius 3 is 0.851 bits per heavy atom. The average Bonchev–Trinajstić information content (AvgIpc) is 3.86. The summed E-state index contributed by atoms with van der Waals surface area (Å²) in [4.78, 5) is 0. The minimum absolute atomic E-state index is 0.133. The molecule has 0 bridgehead atoms. The normalized spacial score (nSPS) is 14.1. The molecule has 0 saturated carbocycles. The second-order valence-electron chi connectivity index (χ2n) is 12.5. The van der Waals surface area contributed by atoms with Gasteiger partial charge in [-0.15, -0.1) is 0 Å². The number of allylic oxidation sites excluding steroid dienone is 8. The highest BCUT2D eigenvalue weighted by Gasteiger charge is 2.20. The highest BCUT2D eigenvalue weighted by atomic mass is 14.2. The molecule has 224 valence electrons. The molecule has 0 aliphatic heterocycles. The van der Waals surface area contributed by atoms with E-state index in [4.69, 9.17) is 0 Å². The molecule has 0 unspecified atom stereocenters. The molecule has 0 fully saturated rings. The van der Waals surface area contributed by atoms with Crippen molar-refractivity contribution in [1.82, 2.24) is 0 Å². The molecule has 0 spiro atoms. The van der Waals surface area contributed by atoms with E-state index in [1.54, 1.807) is 0 Å². The molecule has 0 aromatic heterocycles. The summed E-state index contributed by atoms with van der Waals surface area (Å²) in [5.41, 5.74) is 17.1. The molecule has 0 radical (unpaired) electrons. The highest BCUT2D eigenvalue weighted by Crippen LogP contribution is 2.39. The average molecular weight is 601 g/mol. The first-order valence-corrected chi connectivity index (χ1v) is 16.5. The summed E-state index contributed by atoms with van der Waals surface area (Å²) < 4.78 is 0. The van der Waals surface area contributed by atoms with Crippen LogP contribution in [0.5, 0.6) is 0 Å². The van der Waals surface area contributed by atoms with E-state index in [1.165, 1.54) is 72.4 Å². The minimum atomic E-state index is 0.133. The van der Waals surface area contributed by atoms with Crippen LogP contribution in [0.4, 0.5) is 0 Å². The van der Waals surface area contributed by atoms with Crippen molar-refractivity contribution in [2.45, 2.75) is 18.8 Å². The van der Waals surface area contributed by atoms with Crippen molar-refractivity contribution >= 4 is 22.3 Å². The van der Waals surface area contributed by atoms with Crippen molar-refractivity contribution in [3.8, 4) is 11.1 Å². The van der Waals surface area contributed by atoms with Gasteiger partial charge in [0.05, 0.1) is 0 Å². The standard InChI is InChI=1S/C47H36/c1-4-10-34(11-5-1)37-16-22-40(23-17-37)47(41-24-18-38(19-25-41)45-30-28-43(32-45)35-12-6-2-7-13-35)42-26-20-39(21-27-42)46-31-29-44(33-46)36-14-8-3-9-15-36/h1-31,47H,32-33H2. The van der Waals surface area contributed by atoms with Crippen molar-refractivity contribution in [1.29, 1.82) is 0 Å². The van der Waals surface area contributed by atoms with Crippen LogP contribution in [0, 0.1) is 0 Å². The SMILES string of the molecule is C1=C(c2ccccc2)CC(c2ccc(C(c3ccc(C4=CC=C(c5ccccc5)C4)cc3)c3ccc(-c4ccccc4)cc3)cc2)=C1. The predicted molar refractivity (Wildman–Crippen MR) is 200 cm³/mol. The Morgan fingerprint density at radius 2 is 0.511 bits per heavy atom. The molecule has 6 aromatic carbocycles. The zero-order chi connectivity index (χ0) is 31.4. The van der Waals surface area contributed by atoms with Crippen LogP contribution in [0.15, 0.2) is 188 Å². The van der Waals surface area contributed by atoms with E-state index in [9.17, 15) is 0 Å². The van der Waals surface area contributed by atoms with Crippen LogP contribution in [0.2, 0.25) is 0 Å². The summed E-state index contributed by atoms with van der Waals surface area (Å²) in [7, 11) is 0. The molecule has 2 aliphatic carbocycles. The van der Waals surface area contributed by atoms with Crippen molar-refractivity contribution in [2.24, 2.45) is 0 Å².